The topological polar surface area (TPSA) is 49.4 Å². The Balaban J connectivity index is 1.65. The summed E-state index contributed by atoms with van der Waals surface area (Å²) in [5.74, 6) is 0.106. The van der Waals surface area contributed by atoms with E-state index in [4.69, 9.17) is 23.2 Å². The SMILES string of the molecule is C[C@@H](C(=O)NC1CCCCC1)N(Cc1ccc(F)cc1)C(=O)CSCc1ccc(Cl)cc1Cl. The van der Waals surface area contributed by atoms with Crippen LogP contribution in [-0.4, -0.2) is 34.6 Å². The number of carbonyl (C=O) groups is 2. The summed E-state index contributed by atoms with van der Waals surface area (Å²) in [5.41, 5.74) is 1.67. The minimum atomic E-state index is -0.635. The number of thioether (sulfide) groups is 1. The average Bonchev–Trinajstić information content (AvgIpc) is 2.80. The van der Waals surface area contributed by atoms with Crippen LogP contribution in [0.15, 0.2) is 42.5 Å². The van der Waals surface area contributed by atoms with Gasteiger partial charge in [0, 0.05) is 28.4 Å². The number of nitrogens with one attached hydrogen (secondary N) is 1. The van der Waals surface area contributed by atoms with Crippen molar-refractivity contribution in [1.29, 1.82) is 0 Å². The Morgan fingerprint density at radius 1 is 1.12 bits per heavy atom. The predicted molar refractivity (Wildman–Crippen MR) is 134 cm³/mol. The van der Waals surface area contributed by atoms with Gasteiger partial charge in [0.2, 0.25) is 11.8 Å². The molecule has 0 aliphatic heterocycles. The predicted octanol–water partition coefficient (Wildman–Crippen LogP) is 6.23. The van der Waals surface area contributed by atoms with Crippen molar-refractivity contribution in [3.05, 3.63) is 69.5 Å². The van der Waals surface area contributed by atoms with Crippen molar-refractivity contribution in [3.63, 3.8) is 0 Å². The minimum Gasteiger partial charge on any atom is -0.352 e. The number of hydrogen-bond donors (Lipinski definition) is 1. The first-order chi connectivity index (χ1) is 15.8. The highest BCUT2D eigenvalue weighted by atomic mass is 35.5. The Morgan fingerprint density at radius 2 is 1.82 bits per heavy atom. The molecule has 1 atom stereocenters. The average molecular weight is 511 g/mol. The lowest BCUT2D eigenvalue weighted by molar-refractivity contribution is -0.139. The van der Waals surface area contributed by atoms with E-state index >= 15 is 0 Å². The Morgan fingerprint density at radius 3 is 2.48 bits per heavy atom. The van der Waals surface area contributed by atoms with Gasteiger partial charge in [0.05, 0.1) is 5.75 Å². The number of amides is 2. The molecule has 3 rings (SSSR count). The molecule has 0 unspecified atom stereocenters. The molecular formula is C25H29Cl2FN2O2S. The summed E-state index contributed by atoms with van der Waals surface area (Å²) in [6, 6.07) is 10.8. The second kappa shape index (κ2) is 12.6. The number of benzene rings is 2. The van der Waals surface area contributed by atoms with Gasteiger partial charge in [-0.1, -0.05) is 60.7 Å². The van der Waals surface area contributed by atoms with Gasteiger partial charge >= 0.3 is 0 Å². The maximum atomic E-state index is 13.3. The number of carbonyl (C=O) groups excluding carboxylic acids is 2. The molecule has 0 aromatic heterocycles. The molecule has 2 aromatic rings. The Labute approximate surface area is 209 Å². The molecule has 1 fully saturated rings. The fourth-order valence-electron chi connectivity index (χ4n) is 3.91. The zero-order chi connectivity index (χ0) is 23.8. The van der Waals surface area contributed by atoms with E-state index in [0.29, 0.717) is 15.8 Å². The molecule has 1 aliphatic carbocycles. The zero-order valence-corrected chi connectivity index (χ0v) is 21.0. The van der Waals surface area contributed by atoms with Crippen LogP contribution in [0.1, 0.15) is 50.2 Å². The largest absolute Gasteiger partial charge is 0.352 e. The summed E-state index contributed by atoms with van der Waals surface area (Å²) < 4.78 is 13.3. The molecule has 0 spiro atoms. The standard InChI is InChI=1S/C25H29Cl2FN2O2S/c1-17(25(32)29-22-5-3-2-4-6-22)30(14-18-7-11-21(28)12-8-18)24(31)16-33-15-19-9-10-20(26)13-23(19)27/h7-13,17,22H,2-6,14-16H2,1H3,(H,29,32)/t17-/m0/s1. The van der Waals surface area contributed by atoms with E-state index in [1.807, 2.05) is 6.07 Å². The number of halogens is 3. The van der Waals surface area contributed by atoms with Crippen LogP contribution in [0.5, 0.6) is 0 Å². The van der Waals surface area contributed by atoms with Crippen molar-refractivity contribution >= 4 is 46.8 Å². The Kier molecular flexibility index (Phi) is 9.90. The van der Waals surface area contributed by atoms with Crippen LogP contribution in [0.25, 0.3) is 0 Å². The van der Waals surface area contributed by atoms with Gasteiger partial charge in [-0.15, -0.1) is 11.8 Å². The molecule has 1 saturated carbocycles. The highest BCUT2D eigenvalue weighted by Crippen LogP contribution is 2.25. The van der Waals surface area contributed by atoms with Gasteiger partial charge in [0.1, 0.15) is 11.9 Å². The smallest absolute Gasteiger partial charge is 0.242 e. The summed E-state index contributed by atoms with van der Waals surface area (Å²) in [5, 5.41) is 4.24. The monoisotopic (exact) mass is 510 g/mol. The van der Waals surface area contributed by atoms with Crippen LogP contribution in [0.2, 0.25) is 10.0 Å². The fourth-order valence-corrected chi connectivity index (χ4v) is 5.38. The van der Waals surface area contributed by atoms with Gasteiger partial charge < -0.3 is 10.2 Å². The van der Waals surface area contributed by atoms with Crippen molar-refractivity contribution in [2.24, 2.45) is 0 Å². The first kappa shape index (κ1) is 25.9. The van der Waals surface area contributed by atoms with Crippen molar-refractivity contribution in [2.75, 3.05) is 5.75 Å². The quantitative estimate of drug-likeness (QED) is 0.434. The molecule has 33 heavy (non-hydrogen) atoms. The number of rotatable bonds is 9. The second-order valence-corrected chi connectivity index (χ2v) is 10.2. The minimum absolute atomic E-state index is 0.150. The molecule has 1 aliphatic rings. The van der Waals surface area contributed by atoms with E-state index in [0.717, 1.165) is 36.8 Å². The first-order valence-corrected chi connectivity index (χ1v) is 13.1. The van der Waals surface area contributed by atoms with Crippen LogP contribution in [0, 0.1) is 5.82 Å². The van der Waals surface area contributed by atoms with E-state index in [9.17, 15) is 14.0 Å². The van der Waals surface area contributed by atoms with Gasteiger partial charge in [-0.3, -0.25) is 9.59 Å². The van der Waals surface area contributed by atoms with E-state index in [1.165, 1.54) is 30.3 Å². The van der Waals surface area contributed by atoms with Gasteiger partial charge in [0.25, 0.3) is 0 Å². The molecule has 4 nitrogen and oxygen atoms in total. The third kappa shape index (κ3) is 7.90. The molecule has 2 amide bonds. The Bertz CT molecular complexity index is 952. The van der Waals surface area contributed by atoms with Crippen molar-refractivity contribution < 1.29 is 14.0 Å². The van der Waals surface area contributed by atoms with Crippen LogP contribution in [0.4, 0.5) is 4.39 Å². The zero-order valence-electron chi connectivity index (χ0n) is 18.7. The summed E-state index contributed by atoms with van der Waals surface area (Å²) in [7, 11) is 0. The molecule has 0 radical (unpaired) electrons. The lowest BCUT2D eigenvalue weighted by Crippen LogP contribution is -2.50. The van der Waals surface area contributed by atoms with Gasteiger partial charge in [-0.05, 0) is 55.2 Å². The maximum Gasteiger partial charge on any atom is 0.242 e. The van der Waals surface area contributed by atoms with Crippen molar-refractivity contribution in [2.45, 2.75) is 63.4 Å². The van der Waals surface area contributed by atoms with Gasteiger partial charge in [-0.2, -0.15) is 0 Å². The molecule has 0 saturated heterocycles. The van der Waals surface area contributed by atoms with Crippen LogP contribution in [-0.2, 0) is 21.9 Å². The summed E-state index contributed by atoms with van der Waals surface area (Å²) >= 11 is 13.6. The van der Waals surface area contributed by atoms with Crippen LogP contribution in [0.3, 0.4) is 0 Å². The van der Waals surface area contributed by atoms with Gasteiger partial charge in [-0.25, -0.2) is 4.39 Å². The normalized spacial score (nSPS) is 15.2. The molecular weight excluding hydrogens is 482 g/mol. The summed E-state index contributed by atoms with van der Waals surface area (Å²) in [6.07, 6.45) is 5.37. The molecule has 8 heteroatoms. The number of nitrogens with zero attached hydrogens (tertiary/aromatic N) is 1. The molecule has 178 valence electrons. The highest BCUT2D eigenvalue weighted by Gasteiger charge is 2.28. The summed E-state index contributed by atoms with van der Waals surface area (Å²) in [4.78, 5) is 27.7. The lowest BCUT2D eigenvalue weighted by atomic mass is 9.95. The lowest BCUT2D eigenvalue weighted by Gasteiger charge is -2.31. The molecule has 2 aromatic carbocycles. The molecule has 0 heterocycles. The van der Waals surface area contributed by atoms with Crippen LogP contribution < -0.4 is 5.32 Å². The van der Waals surface area contributed by atoms with Crippen molar-refractivity contribution in [3.8, 4) is 0 Å². The molecule has 1 N–H and O–H groups in total. The highest BCUT2D eigenvalue weighted by molar-refractivity contribution is 7.99. The fraction of sp³-hybridized carbons (Fsp3) is 0.440. The van der Waals surface area contributed by atoms with E-state index in [2.05, 4.69) is 5.32 Å². The van der Waals surface area contributed by atoms with Crippen LogP contribution >= 0.6 is 35.0 Å². The third-order valence-electron chi connectivity index (χ3n) is 5.88. The van der Waals surface area contributed by atoms with E-state index < -0.39 is 6.04 Å². The third-order valence-corrected chi connectivity index (χ3v) is 7.44. The van der Waals surface area contributed by atoms with E-state index in [-0.39, 0.29) is 36.0 Å². The van der Waals surface area contributed by atoms with E-state index in [1.54, 1.807) is 36.1 Å². The van der Waals surface area contributed by atoms with Crippen molar-refractivity contribution in [1.82, 2.24) is 10.2 Å². The maximum absolute atomic E-state index is 13.3. The number of hydrogen-bond acceptors (Lipinski definition) is 3. The van der Waals surface area contributed by atoms with Gasteiger partial charge in [0.15, 0.2) is 0 Å². The Hall–Kier alpha value is -1.76. The first-order valence-electron chi connectivity index (χ1n) is 11.2. The summed E-state index contributed by atoms with van der Waals surface area (Å²) in [6.45, 7) is 1.99. The second-order valence-electron chi connectivity index (χ2n) is 8.40. The molecule has 0 bridgehead atoms.